The number of hydrogen-bond acceptors (Lipinski definition) is 3. The molecule has 1 aromatic heterocycles. The number of amides is 1. The van der Waals surface area contributed by atoms with Crippen LogP contribution in [-0.2, 0) is 11.3 Å². The van der Waals surface area contributed by atoms with Crippen molar-refractivity contribution in [1.29, 1.82) is 0 Å². The van der Waals surface area contributed by atoms with E-state index < -0.39 is 5.54 Å². The van der Waals surface area contributed by atoms with Gasteiger partial charge in [-0.25, -0.2) is 0 Å². The Morgan fingerprint density at radius 2 is 1.95 bits per heavy atom. The summed E-state index contributed by atoms with van der Waals surface area (Å²) in [7, 11) is 0. The first-order valence-corrected chi connectivity index (χ1v) is 6.63. The van der Waals surface area contributed by atoms with E-state index in [4.69, 9.17) is 5.73 Å². The van der Waals surface area contributed by atoms with Crippen LogP contribution in [0.1, 0.15) is 38.2 Å². The average molecular weight is 284 g/mol. The molecule has 0 radical (unpaired) electrons. The van der Waals surface area contributed by atoms with Crippen LogP contribution in [0, 0.1) is 0 Å². The van der Waals surface area contributed by atoms with Gasteiger partial charge in [-0.2, -0.15) is 0 Å². The number of carbonyl (C=O) groups is 1. The van der Waals surface area contributed by atoms with E-state index in [0.29, 0.717) is 13.1 Å². The van der Waals surface area contributed by atoms with E-state index in [1.165, 1.54) is 0 Å². The largest absolute Gasteiger partial charge is 0.337 e. The maximum Gasteiger partial charge on any atom is 0.242 e. The number of nitrogens with two attached hydrogens (primary N) is 1. The monoisotopic (exact) mass is 283 g/mol. The van der Waals surface area contributed by atoms with E-state index in [9.17, 15) is 4.79 Å². The zero-order valence-electron chi connectivity index (χ0n) is 11.3. The van der Waals surface area contributed by atoms with Crippen LogP contribution in [0.2, 0.25) is 0 Å². The van der Waals surface area contributed by atoms with Crippen molar-refractivity contribution >= 4 is 18.3 Å². The molecule has 0 bridgehead atoms. The summed E-state index contributed by atoms with van der Waals surface area (Å²) in [5, 5.41) is 0. The number of likely N-dealkylation sites (N-methyl/N-ethyl adjacent to an activating group) is 1. The molecule has 0 saturated heterocycles. The van der Waals surface area contributed by atoms with Crippen molar-refractivity contribution in [2.24, 2.45) is 5.73 Å². The lowest BCUT2D eigenvalue weighted by Gasteiger charge is -2.30. The molecule has 0 spiro atoms. The van der Waals surface area contributed by atoms with Gasteiger partial charge in [-0.3, -0.25) is 9.78 Å². The van der Waals surface area contributed by atoms with Crippen LogP contribution in [0.25, 0.3) is 0 Å². The molecule has 4 nitrogen and oxygen atoms in total. The molecule has 5 heteroatoms. The molecular formula is C14H22ClN3O. The Morgan fingerprint density at radius 3 is 2.47 bits per heavy atom. The molecule has 1 amide bonds. The van der Waals surface area contributed by atoms with Crippen LogP contribution in [0.4, 0.5) is 0 Å². The minimum absolute atomic E-state index is 0. The molecule has 2 N–H and O–H groups in total. The van der Waals surface area contributed by atoms with Crippen molar-refractivity contribution in [3.8, 4) is 0 Å². The highest BCUT2D eigenvalue weighted by Crippen LogP contribution is 2.29. The summed E-state index contributed by atoms with van der Waals surface area (Å²) in [5.74, 6) is 0.0966. The zero-order chi connectivity index (χ0) is 13.0. The maximum absolute atomic E-state index is 12.5. The molecule has 0 atom stereocenters. The quantitative estimate of drug-likeness (QED) is 0.921. The van der Waals surface area contributed by atoms with Crippen LogP contribution in [-0.4, -0.2) is 27.9 Å². The second-order valence-corrected chi connectivity index (χ2v) is 5.04. The van der Waals surface area contributed by atoms with Crippen molar-refractivity contribution in [1.82, 2.24) is 9.88 Å². The molecule has 1 aromatic rings. The summed E-state index contributed by atoms with van der Waals surface area (Å²) in [6, 6.07) is 3.88. The topological polar surface area (TPSA) is 59.2 Å². The third-order valence-electron chi connectivity index (χ3n) is 3.71. The van der Waals surface area contributed by atoms with E-state index >= 15 is 0 Å². The smallest absolute Gasteiger partial charge is 0.242 e. The lowest BCUT2D eigenvalue weighted by molar-refractivity contribution is -0.137. The van der Waals surface area contributed by atoms with Crippen molar-refractivity contribution in [3.63, 3.8) is 0 Å². The molecule has 0 aromatic carbocycles. The summed E-state index contributed by atoms with van der Waals surface area (Å²) in [4.78, 5) is 18.3. The predicted molar refractivity (Wildman–Crippen MR) is 78.0 cm³/mol. The number of carbonyl (C=O) groups excluding carboxylic acids is 1. The summed E-state index contributed by atoms with van der Waals surface area (Å²) in [5.41, 5.74) is 6.71. The van der Waals surface area contributed by atoms with E-state index in [0.717, 1.165) is 31.2 Å². The van der Waals surface area contributed by atoms with Gasteiger partial charge in [-0.1, -0.05) is 12.8 Å². The van der Waals surface area contributed by atoms with Gasteiger partial charge in [0.1, 0.15) is 0 Å². The molecule has 19 heavy (non-hydrogen) atoms. The molecule has 1 aliphatic carbocycles. The average Bonchev–Trinajstić information content (AvgIpc) is 2.84. The number of nitrogens with zero attached hydrogens (tertiary/aromatic N) is 2. The Morgan fingerprint density at radius 1 is 1.37 bits per heavy atom. The van der Waals surface area contributed by atoms with Crippen LogP contribution in [0.3, 0.4) is 0 Å². The number of pyridine rings is 1. The normalized spacial score (nSPS) is 16.7. The summed E-state index contributed by atoms with van der Waals surface area (Å²) >= 11 is 0. The van der Waals surface area contributed by atoms with Gasteiger partial charge >= 0.3 is 0 Å². The van der Waals surface area contributed by atoms with Crippen LogP contribution >= 0.6 is 12.4 Å². The summed E-state index contributed by atoms with van der Waals surface area (Å²) < 4.78 is 0. The first kappa shape index (κ1) is 15.9. The molecule has 1 aliphatic rings. The molecule has 0 unspecified atom stereocenters. The van der Waals surface area contributed by atoms with Crippen molar-refractivity contribution in [3.05, 3.63) is 30.1 Å². The van der Waals surface area contributed by atoms with Gasteiger partial charge in [0.05, 0.1) is 5.54 Å². The van der Waals surface area contributed by atoms with E-state index in [2.05, 4.69) is 4.98 Å². The van der Waals surface area contributed by atoms with Crippen LogP contribution < -0.4 is 5.73 Å². The first-order chi connectivity index (χ1) is 8.65. The van der Waals surface area contributed by atoms with Gasteiger partial charge in [-0.05, 0) is 37.5 Å². The van der Waals surface area contributed by atoms with Crippen LogP contribution in [0.15, 0.2) is 24.5 Å². The highest BCUT2D eigenvalue weighted by Gasteiger charge is 2.39. The fraction of sp³-hybridized carbons (Fsp3) is 0.571. The number of halogens is 1. The lowest BCUT2D eigenvalue weighted by atomic mass is 9.97. The Hall–Kier alpha value is -1.13. The highest BCUT2D eigenvalue weighted by molar-refractivity contribution is 5.86. The van der Waals surface area contributed by atoms with Gasteiger partial charge in [0.15, 0.2) is 0 Å². The molecular weight excluding hydrogens is 262 g/mol. The molecule has 1 saturated carbocycles. The minimum Gasteiger partial charge on any atom is -0.337 e. The maximum atomic E-state index is 12.5. The van der Waals surface area contributed by atoms with Crippen molar-refractivity contribution in [2.45, 2.75) is 44.7 Å². The molecule has 0 aliphatic heterocycles. The Balaban J connectivity index is 0.00000180. The Bertz CT molecular complexity index is 404. The van der Waals surface area contributed by atoms with Crippen LogP contribution in [0.5, 0.6) is 0 Å². The molecule has 106 valence electrons. The molecule has 1 heterocycles. The first-order valence-electron chi connectivity index (χ1n) is 6.63. The SMILES string of the molecule is CCN(Cc1ccncc1)C(=O)C1(N)CCCC1.Cl. The summed E-state index contributed by atoms with van der Waals surface area (Å²) in [6.45, 7) is 3.31. The van der Waals surface area contributed by atoms with E-state index in [-0.39, 0.29) is 18.3 Å². The fourth-order valence-electron chi connectivity index (χ4n) is 2.57. The number of rotatable bonds is 4. The van der Waals surface area contributed by atoms with Crippen molar-refractivity contribution in [2.75, 3.05) is 6.54 Å². The predicted octanol–water partition coefficient (Wildman–Crippen LogP) is 2.12. The fourth-order valence-corrected chi connectivity index (χ4v) is 2.57. The Kier molecular flexibility index (Phi) is 5.76. The molecule has 2 rings (SSSR count). The van der Waals surface area contributed by atoms with Gasteiger partial charge in [0.25, 0.3) is 0 Å². The molecule has 1 fully saturated rings. The second-order valence-electron chi connectivity index (χ2n) is 5.04. The lowest BCUT2D eigenvalue weighted by Crippen LogP contribution is -2.53. The second kappa shape index (κ2) is 6.87. The van der Waals surface area contributed by atoms with E-state index in [1.54, 1.807) is 12.4 Å². The standard InChI is InChI=1S/C14H21N3O.ClH/c1-2-17(11-12-5-9-16-10-6-12)13(18)14(15)7-3-4-8-14;/h5-6,9-10H,2-4,7-8,11,15H2,1H3;1H. The van der Waals surface area contributed by atoms with E-state index in [1.807, 2.05) is 24.0 Å². The Labute approximate surface area is 120 Å². The highest BCUT2D eigenvalue weighted by atomic mass is 35.5. The van der Waals surface area contributed by atoms with Gasteiger partial charge < -0.3 is 10.6 Å². The summed E-state index contributed by atoms with van der Waals surface area (Å²) in [6.07, 6.45) is 7.27. The van der Waals surface area contributed by atoms with Gasteiger partial charge in [0.2, 0.25) is 5.91 Å². The number of aromatic nitrogens is 1. The van der Waals surface area contributed by atoms with Crippen molar-refractivity contribution < 1.29 is 4.79 Å². The van der Waals surface area contributed by atoms with Gasteiger partial charge in [0, 0.05) is 25.5 Å². The minimum atomic E-state index is -0.622. The van der Waals surface area contributed by atoms with Gasteiger partial charge in [-0.15, -0.1) is 12.4 Å². The number of hydrogen-bond donors (Lipinski definition) is 1. The third kappa shape index (κ3) is 3.67. The third-order valence-corrected chi connectivity index (χ3v) is 3.71. The zero-order valence-corrected chi connectivity index (χ0v) is 12.2.